The largest absolute Gasteiger partial charge is 0.466 e. The first-order valence-electron chi connectivity index (χ1n) is 12.6. The number of rotatable bonds is 11. The van der Waals surface area contributed by atoms with Crippen LogP contribution >= 0.6 is 12.4 Å². The molecule has 0 aromatic heterocycles. The molecule has 11 nitrogen and oxygen atoms in total. The molecule has 0 saturated carbocycles. The van der Waals surface area contributed by atoms with Crippen LogP contribution in [0.2, 0.25) is 0 Å². The lowest BCUT2D eigenvalue weighted by Crippen LogP contribution is -2.51. The number of likely N-dealkylation sites (tertiary alicyclic amines) is 1. The van der Waals surface area contributed by atoms with Crippen molar-refractivity contribution in [2.45, 2.75) is 62.8 Å². The molecule has 1 atom stereocenters. The van der Waals surface area contributed by atoms with Gasteiger partial charge in [0, 0.05) is 33.1 Å². The lowest BCUT2D eigenvalue weighted by Gasteiger charge is -2.34. The predicted octanol–water partition coefficient (Wildman–Crippen LogP) is 1.57. The molecule has 6 N–H and O–H groups in total. The molecule has 13 heteroatoms. The number of benzene rings is 1. The number of aryl methyl sites for hydroxylation is 1. The van der Waals surface area contributed by atoms with Gasteiger partial charge in [0.15, 0.2) is 5.96 Å². The van der Waals surface area contributed by atoms with Crippen molar-refractivity contribution in [1.82, 2.24) is 14.9 Å². The Morgan fingerprint density at radius 1 is 1.30 bits per heavy atom. The highest BCUT2D eigenvalue weighted by molar-refractivity contribution is 7.89. The zero-order valence-electron chi connectivity index (χ0n) is 21.3. The first-order valence-corrected chi connectivity index (χ1v) is 14.0. The lowest BCUT2D eigenvalue weighted by atomic mass is 9.93. The summed E-state index contributed by atoms with van der Waals surface area (Å²) < 4.78 is 34.6. The number of anilines is 1. The number of ether oxygens (including phenoxy) is 1. The zero-order chi connectivity index (χ0) is 26.1. The Morgan fingerprint density at radius 2 is 2.03 bits per heavy atom. The molecule has 1 aromatic rings. The normalized spacial score (nSPS) is 16.5. The molecule has 0 bridgehead atoms. The van der Waals surface area contributed by atoms with E-state index in [1.54, 1.807) is 17.0 Å². The zero-order valence-corrected chi connectivity index (χ0v) is 22.9. The highest BCUT2D eigenvalue weighted by Crippen LogP contribution is 2.30. The number of guanidine groups is 1. The summed E-state index contributed by atoms with van der Waals surface area (Å²) in [6.45, 7) is 3.86. The van der Waals surface area contributed by atoms with E-state index < -0.39 is 16.1 Å². The van der Waals surface area contributed by atoms with Gasteiger partial charge in [-0.05, 0) is 62.5 Å². The van der Waals surface area contributed by atoms with E-state index in [0.717, 1.165) is 37.7 Å². The molecule has 1 amide bonds. The number of para-hydroxylation sites is 1. The van der Waals surface area contributed by atoms with Crippen LogP contribution in [0, 0.1) is 11.3 Å². The number of sulfonamides is 1. The third-order valence-electron chi connectivity index (χ3n) is 6.66. The molecule has 0 aliphatic carbocycles. The SMILES string of the molecule is CC(=O)OCCC1CCN(C(=O)[C@H](CCCNC(=N)N)NS(=O)(=O)c2cccc3c2NCCC3)CC1.Cl. The Hall–Kier alpha value is -2.57. The molecule has 0 radical (unpaired) electrons. The molecule has 1 fully saturated rings. The maximum absolute atomic E-state index is 13.5. The average molecular weight is 559 g/mol. The van der Waals surface area contributed by atoms with Crippen molar-refractivity contribution in [1.29, 1.82) is 5.41 Å². The number of hydrogen-bond donors (Lipinski definition) is 5. The summed E-state index contributed by atoms with van der Waals surface area (Å²) in [5, 5.41) is 13.2. The second-order valence-corrected chi connectivity index (χ2v) is 11.1. The number of piperidine rings is 1. The molecule has 3 rings (SSSR count). The molecule has 1 saturated heterocycles. The number of esters is 1. The first kappa shape index (κ1) is 30.7. The number of halogens is 1. The van der Waals surface area contributed by atoms with E-state index in [1.165, 1.54) is 6.92 Å². The number of fused-ring (bicyclic) bond motifs is 1. The van der Waals surface area contributed by atoms with Gasteiger partial charge in [0.05, 0.1) is 12.3 Å². The molecule has 208 valence electrons. The van der Waals surface area contributed by atoms with E-state index in [4.69, 9.17) is 15.9 Å². The number of nitrogens with zero attached hydrogens (tertiary/aromatic N) is 1. The first-order chi connectivity index (χ1) is 17.2. The lowest BCUT2D eigenvalue weighted by molar-refractivity contribution is -0.141. The highest BCUT2D eigenvalue weighted by Gasteiger charge is 2.32. The van der Waals surface area contributed by atoms with E-state index in [0.29, 0.717) is 50.8 Å². The van der Waals surface area contributed by atoms with Crippen LogP contribution in [0.25, 0.3) is 0 Å². The van der Waals surface area contributed by atoms with Gasteiger partial charge in [0.25, 0.3) is 0 Å². The minimum Gasteiger partial charge on any atom is -0.466 e. The molecule has 2 aliphatic rings. The molecule has 2 aliphatic heterocycles. The van der Waals surface area contributed by atoms with Crippen molar-refractivity contribution in [3.8, 4) is 0 Å². The molecule has 1 aromatic carbocycles. The fourth-order valence-electron chi connectivity index (χ4n) is 4.75. The average Bonchev–Trinajstić information content (AvgIpc) is 2.85. The van der Waals surface area contributed by atoms with E-state index in [2.05, 4.69) is 15.4 Å². The van der Waals surface area contributed by atoms with Crippen molar-refractivity contribution in [3.05, 3.63) is 23.8 Å². The number of hydrogen-bond acceptors (Lipinski definition) is 7. The standard InChI is InChI=1S/C24H38N6O5S.ClH/c1-17(31)35-16-11-18-9-14-30(15-10-18)23(32)20(7-4-13-28-24(25)26)29-36(33,34)21-8-2-5-19-6-3-12-27-22(19)21;/h2,5,8,18,20,27,29H,3-4,6-7,9-16H2,1H3,(H4,25,26,28);1H/t20-;/m0./s1. The van der Waals surface area contributed by atoms with Gasteiger partial charge in [-0.15, -0.1) is 12.4 Å². The number of nitrogens with one attached hydrogen (secondary N) is 4. The van der Waals surface area contributed by atoms with Gasteiger partial charge in [0.1, 0.15) is 10.9 Å². The summed E-state index contributed by atoms with van der Waals surface area (Å²) >= 11 is 0. The Kier molecular flexibility index (Phi) is 11.9. The summed E-state index contributed by atoms with van der Waals surface area (Å²) in [5.41, 5.74) is 6.90. The van der Waals surface area contributed by atoms with Crippen LogP contribution in [0.1, 0.15) is 51.0 Å². The Morgan fingerprint density at radius 3 is 2.70 bits per heavy atom. The highest BCUT2D eigenvalue weighted by atomic mass is 35.5. The molecule has 0 unspecified atom stereocenters. The van der Waals surface area contributed by atoms with Crippen molar-refractivity contribution in [2.75, 3.05) is 38.1 Å². The summed E-state index contributed by atoms with van der Waals surface area (Å²) in [6, 6.07) is 4.28. The summed E-state index contributed by atoms with van der Waals surface area (Å²) in [4.78, 5) is 26.3. The predicted molar refractivity (Wildman–Crippen MR) is 144 cm³/mol. The van der Waals surface area contributed by atoms with Crippen molar-refractivity contribution >= 4 is 46.0 Å². The van der Waals surface area contributed by atoms with Crippen LogP contribution in [0.5, 0.6) is 0 Å². The summed E-state index contributed by atoms with van der Waals surface area (Å²) in [7, 11) is -3.96. The van der Waals surface area contributed by atoms with Gasteiger partial charge in [-0.25, -0.2) is 8.42 Å². The maximum atomic E-state index is 13.5. The number of amides is 1. The minimum atomic E-state index is -3.96. The van der Waals surface area contributed by atoms with Crippen LogP contribution in [-0.2, 0) is 30.8 Å². The number of carbonyl (C=O) groups excluding carboxylic acids is 2. The molecular formula is C24H39ClN6O5S. The Balaban J connectivity index is 0.00000481. The van der Waals surface area contributed by atoms with Crippen LogP contribution in [-0.4, -0.2) is 70.0 Å². The van der Waals surface area contributed by atoms with Crippen LogP contribution in [0.3, 0.4) is 0 Å². The van der Waals surface area contributed by atoms with Gasteiger partial charge in [-0.1, -0.05) is 12.1 Å². The second-order valence-electron chi connectivity index (χ2n) is 9.37. The summed E-state index contributed by atoms with van der Waals surface area (Å²) in [5.74, 6) is -0.369. The maximum Gasteiger partial charge on any atom is 0.302 e. The summed E-state index contributed by atoms with van der Waals surface area (Å²) in [6.07, 6.45) is 4.77. The molecule has 0 spiro atoms. The molecule has 2 heterocycles. The van der Waals surface area contributed by atoms with E-state index in [1.807, 2.05) is 6.07 Å². The third kappa shape index (κ3) is 9.04. The number of nitrogens with two attached hydrogens (primary N) is 1. The van der Waals surface area contributed by atoms with Gasteiger partial charge >= 0.3 is 5.97 Å². The van der Waals surface area contributed by atoms with Gasteiger partial charge < -0.3 is 26.0 Å². The fourth-order valence-corrected chi connectivity index (χ4v) is 6.20. The van der Waals surface area contributed by atoms with E-state index in [-0.39, 0.29) is 41.6 Å². The second kappa shape index (κ2) is 14.4. The monoisotopic (exact) mass is 558 g/mol. The van der Waals surface area contributed by atoms with Crippen molar-refractivity contribution < 1.29 is 22.7 Å². The molecule has 37 heavy (non-hydrogen) atoms. The fraction of sp³-hybridized carbons (Fsp3) is 0.625. The topological polar surface area (TPSA) is 167 Å². The van der Waals surface area contributed by atoms with Gasteiger partial charge in [0.2, 0.25) is 15.9 Å². The third-order valence-corrected chi connectivity index (χ3v) is 8.18. The van der Waals surface area contributed by atoms with Gasteiger partial charge in [-0.3, -0.25) is 15.0 Å². The van der Waals surface area contributed by atoms with E-state index in [9.17, 15) is 18.0 Å². The van der Waals surface area contributed by atoms with Crippen molar-refractivity contribution in [2.24, 2.45) is 11.7 Å². The Labute approximate surface area is 225 Å². The smallest absolute Gasteiger partial charge is 0.302 e. The van der Waals surface area contributed by atoms with Crippen LogP contribution in [0.4, 0.5) is 5.69 Å². The number of carbonyl (C=O) groups is 2. The molecular weight excluding hydrogens is 520 g/mol. The quantitative estimate of drug-likeness (QED) is 0.118. The van der Waals surface area contributed by atoms with Crippen molar-refractivity contribution in [3.63, 3.8) is 0 Å². The van der Waals surface area contributed by atoms with Crippen LogP contribution in [0.15, 0.2) is 23.1 Å². The van der Waals surface area contributed by atoms with Gasteiger partial charge in [-0.2, -0.15) is 4.72 Å². The Bertz CT molecular complexity index is 1050. The van der Waals surface area contributed by atoms with Crippen LogP contribution < -0.4 is 21.1 Å². The minimum absolute atomic E-state index is 0. The van der Waals surface area contributed by atoms with E-state index >= 15 is 0 Å².